The van der Waals surface area contributed by atoms with Crippen LogP contribution in [-0.2, 0) is 9.47 Å². The standard InChI is InChI=1S/C9H14O2S2/c1-9(2)10-6-4-8(12-3)13-5-7(6)11-9/h4,6-7H,5H2,1-3H3/t6-,7+/m1/s1. The summed E-state index contributed by atoms with van der Waals surface area (Å²) in [5.41, 5.74) is 0. The Labute approximate surface area is 87.4 Å². The third-order valence-corrected chi connectivity index (χ3v) is 4.42. The Morgan fingerprint density at radius 3 is 3.00 bits per heavy atom. The minimum Gasteiger partial charge on any atom is -0.343 e. The molecule has 1 fully saturated rings. The molecular weight excluding hydrogens is 204 g/mol. The Hall–Kier alpha value is 0.360. The number of thioether (sulfide) groups is 2. The monoisotopic (exact) mass is 218 g/mol. The van der Waals surface area contributed by atoms with Crippen LogP contribution in [0.25, 0.3) is 0 Å². The molecule has 4 heteroatoms. The number of fused-ring (bicyclic) bond motifs is 1. The molecule has 13 heavy (non-hydrogen) atoms. The van der Waals surface area contributed by atoms with Crippen LogP contribution in [0.3, 0.4) is 0 Å². The van der Waals surface area contributed by atoms with Crippen LogP contribution < -0.4 is 0 Å². The van der Waals surface area contributed by atoms with E-state index in [9.17, 15) is 0 Å². The average Bonchev–Trinajstić information content (AvgIpc) is 2.36. The molecular formula is C9H14O2S2. The van der Waals surface area contributed by atoms with Crippen LogP contribution in [0.2, 0.25) is 0 Å². The molecule has 2 aliphatic heterocycles. The molecule has 74 valence electrons. The van der Waals surface area contributed by atoms with Gasteiger partial charge < -0.3 is 9.47 Å². The van der Waals surface area contributed by atoms with E-state index in [1.54, 1.807) is 11.8 Å². The molecule has 0 N–H and O–H groups in total. The molecule has 2 atom stereocenters. The maximum atomic E-state index is 5.76. The van der Waals surface area contributed by atoms with E-state index in [1.165, 1.54) is 4.24 Å². The van der Waals surface area contributed by atoms with E-state index in [4.69, 9.17) is 9.47 Å². The molecule has 2 aliphatic rings. The van der Waals surface area contributed by atoms with Crippen molar-refractivity contribution in [2.75, 3.05) is 12.0 Å². The predicted octanol–water partition coefficient (Wildman–Crippen LogP) is 2.46. The van der Waals surface area contributed by atoms with Gasteiger partial charge in [-0.3, -0.25) is 0 Å². The molecule has 0 unspecified atom stereocenters. The van der Waals surface area contributed by atoms with Gasteiger partial charge in [0.25, 0.3) is 0 Å². The molecule has 0 aromatic heterocycles. The van der Waals surface area contributed by atoms with Crippen molar-refractivity contribution >= 4 is 23.5 Å². The van der Waals surface area contributed by atoms with Gasteiger partial charge in [-0.25, -0.2) is 0 Å². The van der Waals surface area contributed by atoms with Gasteiger partial charge in [0, 0.05) is 9.99 Å². The molecule has 0 amide bonds. The second-order valence-electron chi connectivity index (χ2n) is 3.64. The quantitative estimate of drug-likeness (QED) is 0.672. The van der Waals surface area contributed by atoms with Gasteiger partial charge in [0.1, 0.15) is 12.2 Å². The Kier molecular flexibility index (Phi) is 2.66. The molecule has 2 nitrogen and oxygen atoms in total. The number of rotatable bonds is 1. The maximum absolute atomic E-state index is 5.76. The largest absolute Gasteiger partial charge is 0.343 e. The lowest BCUT2D eigenvalue weighted by Gasteiger charge is -2.19. The normalized spacial score (nSPS) is 37.0. The number of ether oxygens (including phenoxy) is 2. The fourth-order valence-corrected chi connectivity index (χ4v) is 3.37. The van der Waals surface area contributed by atoms with Gasteiger partial charge in [-0.15, -0.1) is 23.5 Å². The van der Waals surface area contributed by atoms with Crippen LogP contribution in [0.15, 0.2) is 10.3 Å². The molecule has 0 aromatic carbocycles. The number of hydrogen-bond donors (Lipinski definition) is 0. The zero-order valence-electron chi connectivity index (χ0n) is 8.07. The third kappa shape index (κ3) is 2.06. The van der Waals surface area contributed by atoms with Crippen LogP contribution in [0.1, 0.15) is 13.8 Å². The first-order chi connectivity index (χ1) is 6.11. The maximum Gasteiger partial charge on any atom is 0.164 e. The lowest BCUT2D eigenvalue weighted by Crippen LogP contribution is -2.26. The van der Waals surface area contributed by atoms with Gasteiger partial charge >= 0.3 is 0 Å². The van der Waals surface area contributed by atoms with Crippen molar-refractivity contribution in [1.29, 1.82) is 0 Å². The highest BCUT2D eigenvalue weighted by Crippen LogP contribution is 2.40. The molecule has 0 bridgehead atoms. The highest BCUT2D eigenvalue weighted by atomic mass is 32.2. The second-order valence-corrected chi connectivity index (χ2v) is 5.81. The van der Waals surface area contributed by atoms with Crippen molar-refractivity contribution in [3.8, 4) is 0 Å². The van der Waals surface area contributed by atoms with E-state index >= 15 is 0 Å². The van der Waals surface area contributed by atoms with Crippen molar-refractivity contribution in [2.24, 2.45) is 0 Å². The van der Waals surface area contributed by atoms with E-state index in [1.807, 2.05) is 25.6 Å². The third-order valence-electron chi connectivity index (χ3n) is 2.11. The van der Waals surface area contributed by atoms with Crippen LogP contribution in [0.5, 0.6) is 0 Å². The summed E-state index contributed by atoms with van der Waals surface area (Å²) in [6.45, 7) is 3.95. The average molecular weight is 218 g/mol. The SMILES string of the molecule is CSC1=C[C@H]2OC(C)(C)O[C@H]2CS1. The fraction of sp³-hybridized carbons (Fsp3) is 0.778. The summed E-state index contributed by atoms with van der Waals surface area (Å²) in [5, 5.41) is 0. The van der Waals surface area contributed by atoms with Crippen LogP contribution in [0, 0.1) is 0 Å². The minimum absolute atomic E-state index is 0.165. The Balaban J connectivity index is 2.11. The topological polar surface area (TPSA) is 18.5 Å². The van der Waals surface area contributed by atoms with Crippen LogP contribution in [-0.4, -0.2) is 30.0 Å². The fourth-order valence-electron chi connectivity index (χ4n) is 1.61. The zero-order valence-corrected chi connectivity index (χ0v) is 9.71. The first-order valence-electron chi connectivity index (χ1n) is 4.35. The van der Waals surface area contributed by atoms with Crippen molar-refractivity contribution in [1.82, 2.24) is 0 Å². The van der Waals surface area contributed by atoms with Gasteiger partial charge in [-0.05, 0) is 26.2 Å². The van der Waals surface area contributed by atoms with Gasteiger partial charge in [0.15, 0.2) is 5.79 Å². The lowest BCUT2D eigenvalue weighted by molar-refractivity contribution is -0.140. The summed E-state index contributed by atoms with van der Waals surface area (Å²) >= 11 is 3.64. The van der Waals surface area contributed by atoms with Gasteiger partial charge in [0.05, 0.1) is 0 Å². The minimum atomic E-state index is -0.403. The summed E-state index contributed by atoms with van der Waals surface area (Å²) in [6.07, 6.45) is 4.69. The van der Waals surface area contributed by atoms with E-state index in [2.05, 4.69) is 12.3 Å². The van der Waals surface area contributed by atoms with Gasteiger partial charge in [-0.2, -0.15) is 0 Å². The molecule has 2 heterocycles. The van der Waals surface area contributed by atoms with E-state index < -0.39 is 5.79 Å². The summed E-state index contributed by atoms with van der Waals surface area (Å²) < 4.78 is 12.9. The van der Waals surface area contributed by atoms with Crippen molar-refractivity contribution < 1.29 is 9.47 Å². The zero-order chi connectivity index (χ0) is 9.47. The lowest BCUT2D eigenvalue weighted by atomic mass is 10.2. The summed E-state index contributed by atoms with van der Waals surface area (Å²) in [7, 11) is 0. The Morgan fingerprint density at radius 1 is 1.54 bits per heavy atom. The highest BCUT2D eigenvalue weighted by Gasteiger charge is 2.41. The van der Waals surface area contributed by atoms with Gasteiger partial charge in [0.2, 0.25) is 0 Å². The Morgan fingerprint density at radius 2 is 2.31 bits per heavy atom. The molecule has 2 rings (SSSR count). The molecule has 0 radical (unpaired) electrons. The second kappa shape index (κ2) is 3.50. The van der Waals surface area contributed by atoms with Crippen molar-refractivity contribution in [3.05, 3.63) is 10.3 Å². The summed E-state index contributed by atoms with van der Waals surface area (Å²) in [6, 6.07) is 0. The summed E-state index contributed by atoms with van der Waals surface area (Å²) in [4.78, 5) is 0. The highest BCUT2D eigenvalue weighted by molar-refractivity contribution is 8.22. The molecule has 0 saturated carbocycles. The summed E-state index contributed by atoms with van der Waals surface area (Å²) in [5.74, 6) is 0.612. The molecule has 1 saturated heterocycles. The molecule has 0 spiro atoms. The van der Waals surface area contributed by atoms with Crippen LogP contribution in [0.4, 0.5) is 0 Å². The van der Waals surface area contributed by atoms with E-state index in [-0.39, 0.29) is 12.2 Å². The molecule has 0 aliphatic carbocycles. The predicted molar refractivity (Wildman–Crippen MR) is 57.9 cm³/mol. The first kappa shape index (κ1) is 9.90. The first-order valence-corrected chi connectivity index (χ1v) is 6.56. The van der Waals surface area contributed by atoms with Crippen molar-refractivity contribution in [2.45, 2.75) is 31.8 Å². The smallest absolute Gasteiger partial charge is 0.164 e. The van der Waals surface area contributed by atoms with Crippen molar-refractivity contribution in [3.63, 3.8) is 0 Å². The van der Waals surface area contributed by atoms with Crippen LogP contribution >= 0.6 is 23.5 Å². The Bertz CT molecular complexity index is 238. The van der Waals surface area contributed by atoms with E-state index in [0.29, 0.717) is 0 Å². The molecule has 0 aromatic rings. The number of hydrogen-bond acceptors (Lipinski definition) is 4. The van der Waals surface area contributed by atoms with Gasteiger partial charge in [-0.1, -0.05) is 0 Å². The van der Waals surface area contributed by atoms with E-state index in [0.717, 1.165) is 5.75 Å².